The van der Waals surface area contributed by atoms with Gasteiger partial charge in [-0.05, 0) is 31.2 Å². The Morgan fingerprint density at radius 3 is 2.45 bits per heavy atom. The van der Waals surface area contributed by atoms with Crippen LogP contribution < -0.4 is 0 Å². The Labute approximate surface area is 121 Å². The monoisotopic (exact) mass is 275 g/mol. The van der Waals surface area contributed by atoms with E-state index in [0.29, 0.717) is 6.10 Å². The highest BCUT2D eigenvalue weighted by molar-refractivity contribution is 5.13. The fraction of sp³-hybridized carbons (Fsp3) is 0.647. The molecule has 3 heteroatoms. The van der Waals surface area contributed by atoms with E-state index in [1.807, 2.05) is 13.2 Å². The summed E-state index contributed by atoms with van der Waals surface area (Å²) in [5.74, 6) is 0. The summed E-state index contributed by atoms with van der Waals surface area (Å²) >= 11 is 0. The van der Waals surface area contributed by atoms with Crippen molar-refractivity contribution >= 4 is 0 Å². The molecule has 2 aliphatic heterocycles. The number of nitrogens with zero attached hydrogens (tertiary/aromatic N) is 1. The Morgan fingerprint density at radius 1 is 1.10 bits per heavy atom. The summed E-state index contributed by atoms with van der Waals surface area (Å²) < 4.78 is 11.4. The number of benzene rings is 1. The number of piperidine rings is 1. The topological polar surface area (TPSA) is 21.7 Å². The summed E-state index contributed by atoms with van der Waals surface area (Å²) in [7, 11) is 1.85. The van der Waals surface area contributed by atoms with Gasteiger partial charge in [0.15, 0.2) is 0 Å². The average molecular weight is 275 g/mol. The summed E-state index contributed by atoms with van der Waals surface area (Å²) in [5.41, 5.74) is 1.26. The zero-order chi connectivity index (χ0) is 13.8. The molecule has 2 aliphatic rings. The molecule has 1 unspecified atom stereocenters. The molecular weight excluding hydrogens is 250 g/mol. The molecule has 3 rings (SSSR count). The van der Waals surface area contributed by atoms with Crippen molar-refractivity contribution in [2.75, 3.05) is 20.3 Å². The summed E-state index contributed by atoms with van der Waals surface area (Å²) in [6.07, 6.45) is 5.55. The first-order valence-corrected chi connectivity index (χ1v) is 7.77. The third-order valence-electron chi connectivity index (χ3n) is 4.78. The SMILES string of the molecule is COC1C[C@H]2CC[C@@H](C1)N2CCOCc1ccccc1. The molecular formula is C17H25NO2. The Kier molecular flexibility index (Phi) is 4.71. The minimum absolute atomic E-state index is 0.481. The molecule has 0 saturated carbocycles. The van der Waals surface area contributed by atoms with Crippen LogP contribution in [0.5, 0.6) is 0 Å². The molecule has 2 heterocycles. The van der Waals surface area contributed by atoms with Gasteiger partial charge < -0.3 is 9.47 Å². The van der Waals surface area contributed by atoms with Gasteiger partial charge in [0.2, 0.25) is 0 Å². The van der Waals surface area contributed by atoms with Crippen molar-refractivity contribution in [1.29, 1.82) is 0 Å². The summed E-state index contributed by atoms with van der Waals surface area (Å²) in [5, 5.41) is 0. The molecule has 2 bridgehead atoms. The largest absolute Gasteiger partial charge is 0.381 e. The lowest BCUT2D eigenvalue weighted by Gasteiger charge is -2.38. The molecule has 3 nitrogen and oxygen atoms in total. The second kappa shape index (κ2) is 6.70. The highest BCUT2D eigenvalue weighted by Gasteiger charge is 2.40. The van der Waals surface area contributed by atoms with E-state index < -0.39 is 0 Å². The minimum atomic E-state index is 0.481. The highest BCUT2D eigenvalue weighted by Crippen LogP contribution is 2.36. The van der Waals surface area contributed by atoms with Crippen molar-refractivity contribution < 1.29 is 9.47 Å². The first-order chi connectivity index (χ1) is 9.86. The van der Waals surface area contributed by atoms with Gasteiger partial charge in [-0.15, -0.1) is 0 Å². The van der Waals surface area contributed by atoms with Gasteiger partial charge in [0.1, 0.15) is 0 Å². The molecule has 1 aromatic rings. The van der Waals surface area contributed by atoms with Crippen molar-refractivity contribution in [1.82, 2.24) is 4.90 Å². The minimum Gasteiger partial charge on any atom is -0.381 e. The van der Waals surface area contributed by atoms with Crippen LogP contribution in [0.25, 0.3) is 0 Å². The molecule has 0 aromatic heterocycles. The van der Waals surface area contributed by atoms with Crippen LogP contribution in [0.1, 0.15) is 31.2 Å². The van der Waals surface area contributed by atoms with E-state index in [1.165, 1.54) is 31.2 Å². The fourth-order valence-corrected chi connectivity index (χ4v) is 3.72. The van der Waals surface area contributed by atoms with E-state index in [9.17, 15) is 0 Å². The molecule has 3 atom stereocenters. The molecule has 2 fully saturated rings. The Bertz CT molecular complexity index is 395. The first kappa shape index (κ1) is 14.1. The molecule has 0 amide bonds. The number of rotatable bonds is 6. The van der Waals surface area contributed by atoms with Crippen LogP contribution >= 0.6 is 0 Å². The number of hydrogen-bond donors (Lipinski definition) is 0. The van der Waals surface area contributed by atoms with Gasteiger partial charge in [-0.25, -0.2) is 0 Å². The molecule has 0 spiro atoms. The van der Waals surface area contributed by atoms with Crippen molar-refractivity contribution in [2.24, 2.45) is 0 Å². The fourth-order valence-electron chi connectivity index (χ4n) is 3.72. The first-order valence-electron chi connectivity index (χ1n) is 7.77. The molecule has 0 radical (unpaired) electrons. The van der Waals surface area contributed by atoms with Crippen LogP contribution in [0.3, 0.4) is 0 Å². The zero-order valence-corrected chi connectivity index (χ0v) is 12.3. The molecule has 0 N–H and O–H groups in total. The number of fused-ring (bicyclic) bond motifs is 2. The lowest BCUT2D eigenvalue weighted by atomic mass is 10.00. The Morgan fingerprint density at radius 2 is 1.80 bits per heavy atom. The Hall–Kier alpha value is -0.900. The maximum Gasteiger partial charge on any atom is 0.0717 e. The van der Waals surface area contributed by atoms with Crippen molar-refractivity contribution in [3.05, 3.63) is 35.9 Å². The normalized spacial score (nSPS) is 29.8. The zero-order valence-electron chi connectivity index (χ0n) is 12.3. The van der Waals surface area contributed by atoms with E-state index in [-0.39, 0.29) is 0 Å². The number of ether oxygens (including phenoxy) is 2. The van der Waals surface area contributed by atoms with E-state index in [0.717, 1.165) is 31.8 Å². The lowest BCUT2D eigenvalue weighted by molar-refractivity contribution is -0.00778. The number of hydrogen-bond acceptors (Lipinski definition) is 3. The quantitative estimate of drug-likeness (QED) is 0.745. The van der Waals surface area contributed by atoms with E-state index in [1.54, 1.807) is 0 Å². The summed E-state index contributed by atoms with van der Waals surface area (Å²) in [6, 6.07) is 11.9. The highest BCUT2D eigenvalue weighted by atomic mass is 16.5. The van der Waals surface area contributed by atoms with Crippen LogP contribution in [-0.4, -0.2) is 43.3 Å². The van der Waals surface area contributed by atoms with Gasteiger partial charge in [-0.1, -0.05) is 30.3 Å². The second-order valence-corrected chi connectivity index (χ2v) is 5.99. The van der Waals surface area contributed by atoms with Crippen molar-refractivity contribution in [2.45, 2.75) is 50.5 Å². The van der Waals surface area contributed by atoms with E-state index in [4.69, 9.17) is 9.47 Å². The van der Waals surface area contributed by atoms with Crippen LogP contribution in [0.4, 0.5) is 0 Å². The van der Waals surface area contributed by atoms with Gasteiger partial charge in [-0.3, -0.25) is 4.90 Å². The number of methoxy groups -OCH3 is 1. The van der Waals surface area contributed by atoms with Gasteiger partial charge in [0, 0.05) is 25.7 Å². The third-order valence-corrected chi connectivity index (χ3v) is 4.78. The lowest BCUT2D eigenvalue weighted by Crippen LogP contribution is -2.46. The average Bonchev–Trinajstić information content (AvgIpc) is 2.73. The third kappa shape index (κ3) is 3.22. The van der Waals surface area contributed by atoms with Crippen LogP contribution in [-0.2, 0) is 16.1 Å². The van der Waals surface area contributed by atoms with E-state index in [2.05, 4.69) is 29.2 Å². The van der Waals surface area contributed by atoms with Gasteiger partial charge >= 0.3 is 0 Å². The molecule has 20 heavy (non-hydrogen) atoms. The standard InChI is InChI=1S/C17H25NO2/c1-19-17-11-15-7-8-16(12-17)18(15)9-10-20-13-14-5-3-2-4-6-14/h2-6,15-17H,7-13H2,1H3/t15-,16+,17?. The predicted molar refractivity (Wildman–Crippen MR) is 79.6 cm³/mol. The smallest absolute Gasteiger partial charge is 0.0717 e. The molecule has 0 aliphatic carbocycles. The maximum atomic E-state index is 5.83. The van der Waals surface area contributed by atoms with Gasteiger partial charge in [0.05, 0.1) is 19.3 Å². The summed E-state index contributed by atoms with van der Waals surface area (Å²) in [4.78, 5) is 2.65. The Balaban J connectivity index is 1.41. The molecule has 110 valence electrons. The molecule has 2 saturated heterocycles. The van der Waals surface area contributed by atoms with Crippen LogP contribution in [0, 0.1) is 0 Å². The van der Waals surface area contributed by atoms with Crippen LogP contribution in [0.2, 0.25) is 0 Å². The van der Waals surface area contributed by atoms with Gasteiger partial charge in [-0.2, -0.15) is 0 Å². The van der Waals surface area contributed by atoms with E-state index >= 15 is 0 Å². The predicted octanol–water partition coefficient (Wildman–Crippen LogP) is 2.85. The summed E-state index contributed by atoms with van der Waals surface area (Å²) in [6.45, 7) is 2.63. The second-order valence-electron chi connectivity index (χ2n) is 5.99. The van der Waals surface area contributed by atoms with Gasteiger partial charge in [0.25, 0.3) is 0 Å². The van der Waals surface area contributed by atoms with Crippen molar-refractivity contribution in [3.8, 4) is 0 Å². The molecule has 1 aromatic carbocycles. The maximum absolute atomic E-state index is 5.83. The van der Waals surface area contributed by atoms with Crippen molar-refractivity contribution in [3.63, 3.8) is 0 Å². The van der Waals surface area contributed by atoms with Crippen LogP contribution in [0.15, 0.2) is 30.3 Å².